The van der Waals surface area contributed by atoms with Crippen molar-refractivity contribution in [3.05, 3.63) is 16.7 Å². The van der Waals surface area contributed by atoms with Crippen LogP contribution < -0.4 is 16.6 Å². The first-order valence-electron chi connectivity index (χ1n) is 5.88. The molecule has 0 radical (unpaired) electrons. The normalized spacial score (nSPS) is 11.7. The molecular formula is C10H19N5O3S. The van der Waals surface area contributed by atoms with Gasteiger partial charge < -0.3 is 16.0 Å². The average molecular weight is 289 g/mol. The Kier molecular flexibility index (Phi) is 5.31. The van der Waals surface area contributed by atoms with Crippen molar-refractivity contribution in [3.8, 4) is 0 Å². The zero-order valence-corrected chi connectivity index (χ0v) is 11.8. The smallest absolute Gasteiger partial charge is 0.276 e. The molecule has 1 aromatic rings. The van der Waals surface area contributed by atoms with Crippen LogP contribution in [-0.2, 0) is 10.0 Å². The van der Waals surface area contributed by atoms with Gasteiger partial charge in [0.05, 0.1) is 12.6 Å². The number of anilines is 2. The van der Waals surface area contributed by atoms with Crippen LogP contribution in [0.4, 0.5) is 11.5 Å². The van der Waals surface area contributed by atoms with E-state index in [0.717, 1.165) is 0 Å². The van der Waals surface area contributed by atoms with Gasteiger partial charge in [0.15, 0.2) is 5.82 Å². The van der Waals surface area contributed by atoms with Crippen LogP contribution in [0.3, 0.4) is 0 Å². The summed E-state index contributed by atoms with van der Waals surface area (Å²) in [6.07, 6.45) is 3.03. The number of nitrogens with two attached hydrogens (primary N) is 1. The molecule has 0 spiro atoms. The maximum Gasteiger partial charge on any atom is 0.276 e. The van der Waals surface area contributed by atoms with Gasteiger partial charge in [-0.25, -0.2) is 17.7 Å². The molecule has 1 aromatic heterocycles. The summed E-state index contributed by atoms with van der Waals surface area (Å²) in [5.74, 6) is 0.311. The monoisotopic (exact) mass is 289 g/mol. The molecule has 9 heteroatoms. The number of sulfonamides is 1. The minimum atomic E-state index is -3.16. The topological polar surface area (TPSA) is 121 Å². The van der Waals surface area contributed by atoms with Crippen molar-refractivity contribution in [1.29, 1.82) is 0 Å². The summed E-state index contributed by atoms with van der Waals surface area (Å²) in [6.45, 7) is 3.10. The van der Waals surface area contributed by atoms with Gasteiger partial charge in [-0.1, -0.05) is 6.92 Å². The Morgan fingerprint density at radius 1 is 1.53 bits per heavy atom. The number of aromatic amines is 1. The molecule has 19 heavy (non-hydrogen) atoms. The zero-order valence-electron chi connectivity index (χ0n) is 11.0. The van der Waals surface area contributed by atoms with E-state index in [0.29, 0.717) is 31.9 Å². The predicted octanol–water partition coefficient (Wildman–Crippen LogP) is -0.564. The Labute approximate surface area is 112 Å². The maximum absolute atomic E-state index is 11.4. The molecule has 8 nitrogen and oxygen atoms in total. The van der Waals surface area contributed by atoms with Crippen LogP contribution in [0.5, 0.6) is 0 Å². The lowest BCUT2D eigenvalue weighted by atomic mass is 10.4. The second kappa shape index (κ2) is 6.53. The molecule has 108 valence electrons. The number of hydrogen-bond donors (Lipinski definition) is 3. The third-order valence-electron chi connectivity index (χ3n) is 2.59. The molecular weight excluding hydrogens is 270 g/mol. The van der Waals surface area contributed by atoms with Crippen molar-refractivity contribution < 1.29 is 8.42 Å². The van der Waals surface area contributed by atoms with E-state index in [-0.39, 0.29) is 5.69 Å². The summed E-state index contributed by atoms with van der Waals surface area (Å²) < 4.78 is 24.1. The lowest BCUT2D eigenvalue weighted by Gasteiger charge is -2.17. The maximum atomic E-state index is 11.4. The summed E-state index contributed by atoms with van der Waals surface area (Å²) >= 11 is 0. The number of nitrogens with zero attached hydrogens (tertiary/aromatic N) is 2. The Morgan fingerprint density at radius 3 is 2.79 bits per heavy atom. The molecule has 4 N–H and O–H groups in total. The van der Waals surface area contributed by atoms with Crippen LogP contribution in [0.25, 0.3) is 0 Å². The van der Waals surface area contributed by atoms with Crippen molar-refractivity contribution in [1.82, 2.24) is 14.3 Å². The lowest BCUT2D eigenvalue weighted by Crippen LogP contribution is -2.31. The summed E-state index contributed by atoms with van der Waals surface area (Å²) in [5, 5.41) is 2.91. The van der Waals surface area contributed by atoms with E-state index < -0.39 is 15.6 Å². The van der Waals surface area contributed by atoms with Gasteiger partial charge in [0.1, 0.15) is 5.69 Å². The van der Waals surface area contributed by atoms with Gasteiger partial charge in [0.25, 0.3) is 5.56 Å². The van der Waals surface area contributed by atoms with Crippen molar-refractivity contribution in [2.75, 3.05) is 36.9 Å². The molecule has 0 saturated carbocycles. The number of hydrogen-bond acceptors (Lipinski definition) is 6. The van der Waals surface area contributed by atoms with Crippen molar-refractivity contribution in [3.63, 3.8) is 0 Å². The first-order valence-corrected chi connectivity index (χ1v) is 7.73. The van der Waals surface area contributed by atoms with Crippen LogP contribution in [0.2, 0.25) is 0 Å². The highest BCUT2D eigenvalue weighted by Crippen LogP contribution is 2.07. The summed E-state index contributed by atoms with van der Waals surface area (Å²) in [4.78, 5) is 17.5. The van der Waals surface area contributed by atoms with Gasteiger partial charge >= 0.3 is 0 Å². The SMILES string of the molecule is CCN(CCCNc1nc[nH]c(=O)c1N)S(C)(=O)=O. The molecule has 0 aliphatic heterocycles. The highest BCUT2D eigenvalue weighted by atomic mass is 32.2. The van der Waals surface area contributed by atoms with Gasteiger partial charge in [0.2, 0.25) is 10.0 Å². The fourth-order valence-electron chi connectivity index (χ4n) is 1.57. The molecule has 0 saturated heterocycles. The summed E-state index contributed by atoms with van der Waals surface area (Å²) in [6, 6.07) is 0. The highest BCUT2D eigenvalue weighted by Gasteiger charge is 2.13. The van der Waals surface area contributed by atoms with Gasteiger partial charge in [-0.15, -0.1) is 0 Å². The highest BCUT2D eigenvalue weighted by molar-refractivity contribution is 7.88. The van der Waals surface area contributed by atoms with Crippen molar-refractivity contribution in [2.24, 2.45) is 0 Å². The second-order valence-corrected chi connectivity index (χ2v) is 6.01. The number of nitrogens with one attached hydrogen (secondary N) is 2. The number of aromatic nitrogens is 2. The molecule has 0 aliphatic rings. The molecule has 0 fully saturated rings. The largest absolute Gasteiger partial charge is 0.391 e. The predicted molar refractivity (Wildman–Crippen MR) is 74.5 cm³/mol. The number of rotatable bonds is 7. The standard InChI is InChI=1S/C10H19N5O3S/c1-3-15(19(2,17)18)6-4-5-12-9-8(11)10(16)14-7-13-9/h7H,3-6,11H2,1-2H3,(H2,12,13,14,16). The van der Waals surface area contributed by atoms with E-state index in [2.05, 4.69) is 15.3 Å². The van der Waals surface area contributed by atoms with Crippen molar-refractivity contribution in [2.45, 2.75) is 13.3 Å². The molecule has 0 atom stereocenters. The Hall–Kier alpha value is -1.61. The van der Waals surface area contributed by atoms with Gasteiger partial charge in [-0.05, 0) is 6.42 Å². The van der Waals surface area contributed by atoms with Crippen LogP contribution in [0.15, 0.2) is 11.1 Å². The summed E-state index contributed by atoms with van der Waals surface area (Å²) in [5.41, 5.74) is 5.17. The summed E-state index contributed by atoms with van der Waals surface area (Å²) in [7, 11) is -3.16. The molecule has 1 rings (SSSR count). The average Bonchev–Trinajstić information content (AvgIpc) is 2.32. The molecule has 0 aromatic carbocycles. The van der Waals surface area contributed by atoms with Gasteiger partial charge in [-0.2, -0.15) is 0 Å². The fourth-order valence-corrected chi connectivity index (χ4v) is 2.50. The first-order chi connectivity index (χ1) is 8.86. The third kappa shape index (κ3) is 4.52. The molecule has 1 heterocycles. The fraction of sp³-hybridized carbons (Fsp3) is 0.600. The van der Waals surface area contributed by atoms with E-state index in [4.69, 9.17) is 5.73 Å². The van der Waals surface area contributed by atoms with Crippen LogP contribution in [0.1, 0.15) is 13.3 Å². The van der Waals surface area contributed by atoms with E-state index in [9.17, 15) is 13.2 Å². The number of nitrogen functional groups attached to an aromatic ring is 1. The number of H-pyrrole nitrogens is 1. The minimum Gasteiger partial charge on any atom is -0.391 e. The molecule has 0 aliphatic carbocycles. The van der Waals surface area contributed by atoms with E-state index in [1.807, 2.05) is 0 Å². The second-order valence-electron chi connectivity index (χ2n) is 4.03. The first kappa shape index (κ1) is 15.4. The molecule has 0 bridgehead atoms. The van der Waals surface area contributed by atoms with E-state index >= 15 is 0 Å². The van der Waals surface area contributed by atoms with Crippen LogP contribution >= 0.6 is 0 Å². The van der Waals surface area contributed by atoms with Gasteiger partial charge in [0, 0.05) is 19.6 Å². The Balaban J connectivity index is 2.47. The van der Waals surface area contributed by atoms with Crippen LogP contribution in [0, 0.1) is 0 Å². The zero-order chi connectivity index (χ0) is 14.5. The lowest BCUT2D eigenvalue weighted by molar-refractivity contribution is 0.428. The Bertz CT molecular complexity index is 569. The van der Waals surface area contributed by atoms with Gasteiger partial charge in [-0.3, -0.25) is 4.79 Å². The molecule has 0 amide bonds. The Morgan fingerprint density at radius 2 is 2.21 bits per heavy atom. The van der Waals surface area contributed by atoms with Crippen molar-refractivity contribution >= 4 is 21.5 Å². The van der Waals surface area contributed by atoms with Crippen LogP contribution in [-0.4, -0.2) is 48.6 Å². The third-order valence-corrected chi connectivity index (χ3v) is 3.97. The quantitative estimate of drug-likeness (QED) is 0.578. The van der Waals surface area contributed by atoms with E-state index in [1.165, 1.54) is 16.9 Å². The molecule has 0 unspecified atom stereocenters. The minimum absolute atomic E-state index is 0.0259. The van der Waals surface area contributed by atoms with E-state index in [1.54, 1.807) is 6.92 Å².